The Morgan fingerprint density at radius 3 is 2.09 bits per heavy atom. The lowest BCUT2D eigenvalue weighted by molar-refractivity contribution is -0.123. The van der Waals surface area contributed by atoms with Crippen molar-refractivity contribution in [3.05, 3.63) is 41.2 Å². The highest BCUT2D eigenvalue weighted by Crippen LogP contribution is 2.53. The normalized spacial score (nSPS) is 27.6. The van der Waals surface area contributed by atoms with Gasteiger partial charge in [-0.3, -0.25) is 14.5 Å². The number of aromatic nitrogens is 2. The molecule has 1 aromatic heterocycles. The van der Waals surface area contributed by atoms with Gasteiger partial charge in [-0.05, 0) is 42.5 Å². The second-order valence-electron chi connectivity index (χ2n) is 7.89. The molecule has 0 unspecified atom stereocenters. The maximum Gasteiger partial charge on any atom is 0.285 e. The lowest BCUT2D eigenvalue weighted by Gasteiger charge is -2.17. The van der Waals surface area contributed by atoms with Crippen molar-refractivity contribution in [2.24, 2.45) is 40.3 Å². The molecule has 5 rings (SSSR count). The molecule has 1 saturated carbocycles. The third-order valence-electron chi connectivity index (χ3n) is 5.99. The van der Waals surface area contributed by atoms with E-state index in [2.05, 4.69) is 9.50 Å². The van der Waals surface area contributed by atoms with Crippen LogP contribution in [0.1, 0.15) is 6.42 Å². The summed E-state index contributed by atoms with van der Waals surface area (Å²) in [5.41, 5.74) is 0.299. The summed E-state index contributed by atoms with van der Waals surface area (Å²) in [6.45, 7) is 0. The predicted molar refractivity (Wildman–Crippen MR) is 112 cm³/mol. The van der Waals surface area contributed by atoms with E-state index in [1.165, 1.54) is 31.3 Å². The van der Waals surface area contributed by atoms with Gasteiger partial charge in [0.2, 0.25) is 21.0 Å². The number of benzene rings is 1. The standard InChI is InChI=1S/C18H17N5O6S3/c1-22-17(30-18(20-22)31(19,26)27)21-32(28,29)12-6-4-11(5-7-12)23-15(24)13-9-2-3-10(8-9)14(13)16(23)25/h2-7,9-10,13-14H,8H2,1H3,(H2,19,26,27)/b21-17+/t9-,10+,13-,14+. The minimum atomic E-state index is -4.22. The van der Waals surface area contributed by atoms with Gasteiger partial charge < -0.3 is 0 Å². The average Bonchev–Trinajstić information content (AvgIpc) is 3.46. The van der Waals surface area contributed by atoms with Crippen LogP contribution >= 0.6 is 11.3 Å². The fourth-order valence-electron chi connectivity index (χ4n) is 4.60. The molecule has 32 heavy (non-hydrogen) atoms. The zero-order valence-corrected chi connectivity index (χ0v) is 19.0. The van der Waals surface area contributed by atoms with Crippen molar-refractivity contribution >= 4 is 48.9 Å². The number of anilines is 1. The molecular weight excluding hydrogens is 478 g/mol. The minimum Gasteiger partial charge on any atom is -0.274 e. The van der Waals surface area contributed by atoms with Crippen molar-refractivity contribution in [2.75, 3.05) is 4.90 Å². The van der Waals surface area contributed by atoms with Crippen LogP contribution in [0.2, 0.25) is 0 Å². The fraction of sp³-hybridized carbons (Fsp3) is 0.333. The number of fused-ring (bicyclic) bond motifs is 5. The maximum atomic E-state index is 12.9. The lowest BCUT2D eigenvalue weighted by Crippen LogP contribution is -2.32. The number of nitrogens with two attached hydrogens (primary N) is 1. The molecule has 2 heterocycles. The van der Waals surface area contributed by atoms with E-state index >= 15 is 0 Å². The van der Waals surface area contributed by atoms with Crippen LogP contribution in [0.4, 0.5) is 5.69 Å². The summed E-state index contributed by atoms with van der Waals surface area (Å²) in [6, 6.07) is 5.27. The van der Waals surface area contributed by atoms with Crippen LogP contribution in [-0.2, 0) is 36.7 Å². The van der Waals surface area contributed by atoms with Crippen LogP contribution in [0.5, 0.6) is 0 Å². The van der Waals surface area contributed by atoms with Gasteiger partial charge in [0, 0.05) is 7.05 Å². The molecule has 2 amide bonds. The third kappa shape index (κ3) is 3.17. The van der Waals surface area contributed by atoms with Gasteiger partial charge in [0.1, 0.15) is 0 Å². The van der Waals surface area contributed by atoms with Crippen molar-refractivity contribution < 1.29 is 26.4 Å². The summed E-state index contributed by atoms with van der Waals surface area (Å²) in [4.78, 5) is 26.6. The van der Waals surface area contributed by atoms with E-state index in [4.69, 9.17) is 5.14 Å². The quantitative estimate of drug-likeness (QED) is 0.451. The molecule has 1 aromatic carbocycles. The molecule has 2 fully saturated rings. The van der Waals surface area contributed by atoms with Crippen LogP contribution in [-0.4, -0.2) is 38.4 Å². The lowest BCUT2D eigenvalue weighted by atomic mass is 9.85. The Labute approximate surface area is 187 Å². The third-order valence-corrected chi connectivity index (χ3v) is 9.70. The SMILES string of the molecule is Cn1nc(S(N)(=O)=O)s/c1=N/S(=O)(=O)c1ccc(N2C(=O)[C@@H]3[C@H](C2=O)[C@@H]2C=C[C@H]3C2)cc1. The zero-order valence-electron chi connectivity index (χ0n) is 16.5. The maximum absolute atomic E-state index is 12.9. The highest BCUT2D eigenvalue weighted by Gasteiger charge is 2.59. The minimum absolute atomic E-state index is 0.0762. The summed E-state index contributed by atoms with van der Waals surface area (Å²) in [7, 11) is -6.98. The molecule has 1 saturated heterocycles. The number of hydrogen-bond acceptors (Lipinski definition) is 8. The number of rotatable bonds is 4. The smallest absolute Gasteiger partial charge is 0.274 e. The number of primary sulfonamides is 1. The number of aryl methyl sites for hydroxylation is 1. The zero-order chi connectivity index (χ0) is 23.0. The summed E-state index contributed by atoms with van der Waals surface area (Å²) in [5, 5.41) is 8.68. The predicted octanol–water partition coefficient (Wildman–Crippen LogP) is -0.270. The Balaban J connectivity index is 1.45. The topological polar surface area (TPSA) is 162 Å². The first kappa shape index (κ1) is 21.2. The van der Waals surface area contributed by atoms with E-state index < -0.39 is 24.4 Å². The molecule has 168 valence electrons. The number of carbonyl (C=O) groups excluding carboxylic acids is 2. The molecule has 0 spiro atoms. The molecule has 1 aliphatic heterocycles. The Morgan fingerprint density at radius 1 is 1.03 bits per heavy atom. The Bertz CT molecular complexity index is 1440. The van der Waals surface area contributed by atoms with Crippen molar-refractivity contribution in [2.45, 2.75) is 15.7 Å². The molecule has 11 nitrogen and oxygen atoms in total. The van der Waals surface area contributed by atoms with Gasteiger partial charge in [-0.1, -0.05) is 23.5 Å². The largest absolute Gasteiger partial charge is 0.285 e. The van der Waals surface area contributed by atoms with Crippen LogP contribution < -0.4 is 14.8 Å². The molecule has 2 N–H and O–H groups in total. The first-order valence-corrected chi connectivity index (χ1v) is 13.3. The highest BCUT2D eigenvalue weighted by molar-refractivity contribution is 7.91. The molecule has 3 aliphatic rings. The summed E-state index contributed by atoms with van der Waals surface area (Å²) in [5.74, 6) is -1.07. The van der Waals surface area contributed by atoms with Crippen LogP contribution in [0.15, 0.2) is 50.1 Å². The summed E-state index contributed by atoms with van der Waals surface area (Å²) >= 11 is 0.517. The van der Waals surface area contributed by atoms with E-state index in [0.29, 0.717) is 17.0 Å². The van der Waals surface area contributed by atoms with Gasteiger partial charge in [0.25, 0.3) is 20.0 Å². The summed E-state index contributed by atoms with van der Waals surface area (Å²) in [6.07, 6.45) is 4.82. The Morgan fingerprint density at radius 2 is 1.59 bits per heavy atom. The second kappa shape index (κ2) is 6.91. The first-order chi connectivity index (χ1) is 15.0. The van der Waals surface area contributed by atoms with E-state index in [1.54, 1.807) is 0 Å². The van der Waals surface area contributed by atoms with Gasteiger partial charge >= 0.3 is 0 Å². The van der Waals surface area contributed by atoms with Crippen LogP contribution in [0.25, 0.3) is 0 Å². The molecule has 0 radical (unpaired) electrons. The van der Waals surface area contributed by atoms with Gasteiger partial charge in [0.05, 0.1) is 22.4 Å². The number of nitrogens with zero attached hydrogens (tertiary/aromatic N) is 4. The van der Waals surface area contributed by atoms with Crippen molar-refractivity contribution in [3.8, 4) is 0 Å². The second-order valence-corrected chi connectivity index (χ2v) is 12.2. The Hall–Kier alpha value is -2.68. The van der Waals surface area contributed by atoms with Gasteiger partial charge in [-0.2, -0.15) is 8.42 Å². The molecule has 14 heteroatoms. The monoisotopic (exact) mass is 495 g/mol. The molecule has 2 bridgehead atoms. The Kier molecular flexibility index (Phi) is 4.57. The number of carbonyl (C=O) groups is 2. The molecule has 2 aromatic rings. The van der Waals surface area contributed by atoms with E-state index in [9.17, 15) is 26.4 Å². The van der Waals surface area contributed by atoms with E-state index in [1.807, 2.05) is 12.2 Å². The average molecular weight is 496 g/mol. The van der Waals surface area contributed by atoms with Crippen molar-refractivity contribution in [1.29, 1.82) is 0 Å². The number of imide groups is 1. The first-order valence-electron chi connectivity index (χ1n) is 9.51. The fourth-order valence-corrected chi connectivity index (χ4v) is 7.37. The van der Waals surface area contributed by atoms with Crippen molar-refractivity contribution in [1.82, 2.24) is 9.78 Å². The van der Waals surface area contributed by atoms with Gasteiger partial charge in [0.15, 0.2) is 0 Å². The van der Waals surface area contributed by atoms with Crippen molar-refractivity contribution in [3.63, 3.8) is 0 Å². The highest BCUT2D eigenvalue weighted by atomic mass is 32.2. The van der Waals surface area contributed by atoms with Gasteiger partial charge in [-0.25, -0.2) is 18.2 Å². The molecular formula is C18H17N5O6S3. The van der Waals surface area contributed by atoms with E-state index in [-0.39, 0.29) is 45.2 Å². The van der Waals surface area contributed by atoms with Crippen LogP contribution in [0, 0.1) is 23.7 Å². The van der Waals surface area contributed by atoms with Gasteiger partial charge in [-0.15, -0.1) is 9.50 Å². The molecule has 4 atom stereocenters. The molecule has 2 aliphatic carbocycles. The number of sulfonamides is 2. The number of allylic oxidation sites excluding steroid dienone is 2. The summed E-state index contributed by atoms with van der Waals surface area (Å²) < 4.78 is 52.4. The number of amides is 2. The van der Waals surface area contributed by atoms with Crippen LogP contribution in [0.3, 0.4) is 0 Å². The van der Waals surface area contributed by atoms with E-state index in [0.717, 1.165) is 16.0 Å². The number of hydrogen-bond donors (Lipinski definition) is 1.